The standard InChI is InChI=1S/C21H21N5O3/c1-14-12-19(25-29-14)24-21(28)15-8-10-26(11-9-15)20(27)7-6-16-13-22-17-4-2-3-5-18(17)23-16/h2-7,12-13,15H,8-11H2,1H3,(H,24,25,28)/b7-6+. The first kappa shape index (κ1) is 18.8. The number of hydrogen-bond donors (Lipinski definition) is 1. The summed E-state index contributed by atoms with van der Waals surface area (Å²) in [4.78, 5) is 35.4. The van der Waals surface area contributed by atoms with Gasteiger partial charge in [0.25, 0.3) is 0 Å². The highest BCUT2D eigenvalue weighted by Crippen LogP contribution is 2.20. The third kappa shape index (κ3) is 4.48. The van der Waals surface area contributed by atoms with Gasteiger partial charge in [-0.05, 0) is 38.0 Å². The fourth-order valence-electron chi connectivity index (χ4n) is 3.33. The lowest BCUT2D eigenvalue weighted by atomic mass is 9.96. The van der Waals surface area contributed by atoms with Crippen molar-refractivity contribution in [1.82, 2.24) is 20.0 Å². The highest BCUT2D eigenvalue weighted by molar-refractivity contribution is 5.93. The lowest BCUT2D eigenvalue weighted by Crippen LogP contribution is -2.40. The van der Waals surface area contributed by atoms with E-state index in [2.05, 4.69) is 20.4 Å². The first-order valence-corrected chi connectivity index (χ1v) is 9.51. The lowest BCUT2D eigenvalue weighted by Gasteiger charge is -2.30. The van der Waals surface area contributed by atoms with Crippen molar-refractivity contribution < 1.29 is 14.1 Å². The highest BCUT2D eigenvalue weighted by Gasteiger charge is 2.27. The molecule has 0 atom stereocenters. The molecule has 29 heavy (non-hydrogen) atoms. The number of aryl methyl sites for hydroxylation is 1. The van der Waals surface area contributed by atoms with Crippen LogP contribution in [0.25, 0.3) is 17.1 Å². The number of carbonyl (C=O) groups is 2. The van der Waals surface area contributed by atoms with E-state index < -0.39 is 0 Å². The molecule has 1 aliphatic rings. The van der Waals surface area contributed by atoms with Gasteiger partial charge in [-0.3, -0.25) is 14.6 Å². The molecule has 2 aromatic heterocycles. The molecule has 0 bridgehead atoms. The van der Waals surface area contributed by atoms with E-state index in [0.717, 1.165) is 11.0 Å². The molecule has 0 saturated carbocycles. The number of benzene rings is 1. The molecule has 1 fully saturated rings. The zero-order chi connectivity index (χ0) is 20.2. The molecule has 8 nitrogen and oxygen atoms in total. The van der Waals surface area contributed by atoms with E-state index in [1.165, 1.54) is 6.08 Å². The van der Waals surface area contributed by atoms with E-state index in [0.29, 0.717) is 43.2 Å². The maximum Gasteiger partial charge on any atom is 0.246 e. The van der Waals surface area contributed by atoms with Crippen LogP contribution < -0.4 is 5.32 Å². The Kier molecular flexibility index (Phi) is 5.33. The van der Waals surface area contributed by atoms with Crippen LogP contribution in [0.5, 0.6) is 0 Å². The van der Waals surface area contributed by atoms with E-state index in [9.17, 15) is 9.59 Å². The summed E-state index contributed by atoms with van der Waals surface area (Å²) in [6.45, 7) is 2.83. The van der Waals surface area contributed by atoms with Gasteiger partial charge in [-0.1, -0.05) is 17.3 Å². The Hall–Kier alpha value is -3.55. The molecule has 3 heterocycles. The van der Waals surface area contributed by atoms with Gasteiger partial charge in [0, 0.05) is 31.1 Å². The molecule has 1 aliphatic heterocycles. The average molecular weight is 391 g/mol. The number of hydrogen-bond acceptors (Lipinski definition) is 6. The van der Waals surface area contributed by atoms with Gasteiger partial charge in [0.05, 0.1) is 22.9 Å². The lowest BCUT2D eigenvalue weighted by molar-refractivity contribution is -0.130. The molecule has 148 valence electrons. The van der Waals surface area contributed by atoms with Gasteiger partial charge in [0.2, 0.25) is 11.8 Å². The summed E-state index contributed by atoms with van der Waals surface area (Å²) in [6.07, 6.45) is 6.05. The number of nitrogens with zero attached hydrogens (tertiary/aromatic N) is 4. The Bertz CT molecular complexity index is 1070. The quantitative estimate of drug-likeness (QED) is 0.686. The molecule has 1 N–H and O–H groups in total. The van der Waals surface area contributed by atoms with Gasteiger partial charge in [-0.25, -0.2) is 4.98 Å². The first-order valence-electron chi connectivity index (χ1n) is 9.51. The minimum atomic E-state index is -0.147. The second-order valence-corrected chi connectivity index (χ2v) is 7.03. The molecule has 0 aliphatic carbocycles. The van der Waals surface area contributed by atoms with Crippen LogP contribution in [0.3, 0.4) is 0 Å². The Balaban J connectivity index is 1.31. The predicted octanol–water partition coefficient (Wildman–Crippen LogP) is 2.82. The monoisotopic (exact) mass is 391 g/mol. The number of para-hydroxylation sites is 2. The topological polar surface area (TPSA) is 101 Å². The fraction of sp³-hybridized carbons (Fsp3) is 0.286. The molecule has 1 aromatic carbocycles. The van der Waals surface area contributed by atoms with E-state index in [1.807, 2.05) is 24.3 Å². The predicted molar refractivity (Wildman–Crippen MR) is 108 cm³/mol. The maximum atomic E-state index is 12.5. The van der Waals surface area contributed by atoms with Crippen molar-refractivity contribution in [2.45, 2.75) is 19.8 Å². The summed E-state index contributed by atoms with van der Waals surface area (Å²) < 4.78 is 4.95. The number of carbonyl (C=O) groups excluding carboxylic acids is 2. The number of aromatic nitrogens is 3. The maximum absolute atomic E-state index is 12.5. The van der Waals surface area contributed by atoms with Gasteiger partial charge in [0.1, 0.15) is 5.76 Å². The smallest absolute Gasteiger partial charge is 0.246 e. The Morgan fingerprint density at radius 2 is 1.97 bits per heavy atom. The zero-order valence-electron chi connectivity index (χ0n) is 16.0. The van der Waals surface area contributed by atoms with Crippen molar-refractivity contribution >= 4 is 34.7 Å². The first-order chi connectivity index (χ1) is 14.1. The van der Waals surface area contributed by atoms with Gasteiger partial charge in [-0.2, -0.15) is 0 Å². The molecular formula is C21H21N5O3. The van der Waals surface area contributed by atoms with E-state index in [1.54, 1.807) is 30.2 Å². The second kappa shape index (κ2) is 8.22. The van der Waals surface area contributed by atoms with Crippen molar-refractivity contribution in [2.75, 3.05) is 18.4 Å². The van der Waals surface area contributed by atoms with Crippen LogP contribution in [0, 0.1) is 12.8 Å². The van der Waals surface area contributed by atoms with Crippen molar-refractivity contribution in [3.8, 4) is 0 Å². The van der Waals surface area contributed by atoms with Crippen LogP contribution in [-0.2, 0) is 9.59 Å². The van der Waals surface area contributed by atoms with Gasteiger partial charge in [0.15, 0.2) is 5.82 Å². The van der Waals surface area contributed by atoms with E-state index >= 15 is 0 Å². The number of amides is 2. The normalized spacial score (nSPS) is 15.1. The van der Waals surface area contributed by atoms with Crippen molar-refractivity contribution in [3.05, 3.63) is 54.1 Å². The number of piperidine rings is 1. The minimum Gasteiger partial charge on any atom is -0.360 e. The average Bonchev–Trinajstić information content (AvgIpc) is 3.16. The third-order valence-corrected chi connectivity index (χ3v) is 4.92. The molecule has 3 aromatic rings. The Labute approximate surface area is 167 Å². The molecule has 0 radical (unpaired) electrons. The summed E-state index contributed by atoms with van der Waals surface area (Å²) in [5.74, 6) is 0.735. The minimum absolute atomic E-state index is 0.0904. The van der Waals surface area contributed by atoms with E-state index in [4.69, 9.17) is 4.52 Å². The summed E-state index contributed by atoms with van der Waals surface area (Å²) >= 11 is 0. The molecule has 0 spiro atoms. The Morgan fingerprint density at radius 3 is 2.69 bits per heavy atom. The van der Waals surface area contributed by atoms with Crippen LogP contribution in [-0.4, -0.2) is 44.9 Å². The largest absolute Gasteiger partial charge is 0.360 e. The molecular weight excluding hydrogens is 370 g/mol. The Morgan fingerprint density at radius 1 is 1.21 bits per heavy atom. The van der Waals surface area contributed by atoms with Crippen molar-refractivity contribution in [3.63, 3.8) is 0 Å². The fourth-order valence-corrected chi connectivity index (χ4v) is 3.33. The summed E-state index contributed by atoms with van der Waals surface area (Å²) in [5, 5.41) is 6.54. The van der Waals surface area contributed by atoms with E-state index in [-0.39, 0.29) is 17.7 Å². The van der Waals surface area contributed by atoms with Crippen LogP contribution in [0.15, 0.2) is 47.1 Å². The van der Waals surface area contributed by atoms with Crippen LogP contribution in [0.2, 0.25) is 0 Å². The third-order valence-electron chi connectivity index (χ3n) is 4.92. The van der Waals surface area contributed by atoms with Gasteiger partial charge >= 0.3 is 0 Å². The summed E-state index contributed by atoms with van der Waals surface area (Å²) in [6, 6.07) is 9.27. The van der Waals surface area contributed by atoms with Gasteiger partial charge in [-0.15, -0.1) is 0 Å². The number of anilines is 1. The second-order valence-electron chi connectivity index (χ2n) is 7.03. The van der Waals surface area contributed by atoms with Crippen LogP contribution >= 0.6 is 0 Å². The molecule has 0 unspecified atom stereocenters. The van der Waals surface area contributed by atoms with Crippen LogP contribution in [0.4, 0.5) is 5.82 Å². The molecule has 8 heteroatoms. The zero-order valence-corrected chi connectivity index (χ0v) is 16.0. The highest BCUT2D eigenvalue weighted by atomic mass is 16.5. The van der Waals surface area contributed by atoms with Crippen LogP contribution in [0.1, 0.15) is 24.3 Å². The number of nitrogens with one attached hydrogen (secondary N) is 1. The summed E-state index contributed by atoms with van der Waals surface area (Å²) in [7, 11) is 0. The van der Waals surface area contributed by atoms with Crippen molar-refractivity contribution in [1.29, 1.82) is 0 Å². The number of rotatable bonds is 4. The number of fused-ring (bicyclic) bond motifs is 1. The van der Waals surface area contributed by atoms with Gasteiger partial charge < -0.3 is 14.7 Å². The number of likely N-dealkylation sites (tertiary alicyclic amines) is 1. The summed E-state index contributed by atoms with van der Waals surface area (Å²) in [5.41, 5.74) is 2.24. The molecule has 1 saturated heterocycles. The van der Waals surface area contributed by atoms with Crippen molar-refractivity contribution in [2.24, 2.45) is 5.92 Å². The molecule has 4 rings (SSSR count). The molecule has 2 amide bonds. The SMILES string of the molecule is Cc1cc(NC(=O)C2CCN(C(=O)/C=C/c3cnc4ccccc4n3)CC2)no1.